The van der Waals surface area contributed by atoms with E-state index in [1.165, 1.54) is 5.56 Å². The summed E-state index contributed by atoms with van der Waals surface area (Å²) < 4.78 is 0. The third-order valence-electron chi connectivity index (χ3n) is 4.32. The molecule has 0 atom stereocenters. The molecule has 1 aromatic heterocycles. The molecule has 25 heavy (non-hydrogen) atoms. The molecule has 2 aromatic rings. The van der Waals surface area contributed by atoms with E-state index in [0.717, 1.165) is 25.1 Å². The molecule has 2 amide bonds. The highest BCUT2D eigenvalue weighted by atomic mass is 16.2. The van der Waals surface area contributed by atoms with Gasteiger partial charge < -0.3 is 15.1 Å². The van der Waals surface area contributed by atoms with Gasteiger partial charge in [-0.3, -0.25) is 14.6 Å². The van der Waals surface area contributed by atoms with Crippen LogP contribution in [0.3, 0.4) is 0 Å². The Labute approximate surface area is 147 Å². The van der Waals surface area contributed by atoms with E-state index in [1.807, 2.05) is 24.3 Å². The number of hydrogen-bond acceptors (Lipinski definition) is 4. The molecular formula is C19H22N4O2. The summed E-state index contributed by atoms with van der Waals surface area (Å²) in [6, 6.07) is 13.9. The molecule has 0 radical (unpaired) electrons. The topological polar surface area (TPSA) is 65.5 Å². The van der Waals surface area contributed by atoms with E-state index >= 15 is 0 Å². The van der Waals surface area contributed by atoms with Crippen molar-refractivity contribution in [1.82, 2.24) is 14.8 Å². The number of rotatable bonds is 6. The van der Waals surface area contributed by atoms with Gasteiger partial charge in [0.2, 0.25) is 6.41 Å². The quantitative estimate of drug-likeness (QED) is 0.814. The van der Waals surface area contributed by atoms with Crippen molar-refractivity contribution in [2.24, 2.45) is 0 Å². The second-order valence-corrected chi connectivity index (χ2v) is 6.03. The summed E-state index contributed by atoms with van der Waals surface area (Å²) in [7, 11) is 0. The van der Waals surface area contributed by atoms with Crippen LogP contribution in [0, 0.1) is 0 Å². The van der Waals surface area contributed by atoms with Crippen molar-refractivity contribution < 1.29 is 9.59 Å². The fourth-order valence-electron chi connectivity index (χ4n) is 2.85. The van der Waals surface area contributed by atoms with Gasteiger partial charge in [0, 0.05) is 44.6 Å². The van der Waals surface area contributed by atoms with Gasteiger partial charge in [-0.25, -0.2) is 0 Å². The first kappa shape index (κ1) is 17.0. The van der Waals surface area contributed by atoms with Gasteiger partial charge in [-0.05, 0) is 24.1 Å². The molecule has 6 heteroatoms. The van der Waals surface area contributed by atoms with E-state index < -0.39 is 0 Å². The molecule has 0 saturated carbocycles. The minimum absolute atomic E-state index is 0.0859. The number of carbonyl (C=O) groups excluding carboxylic acids is 2. The zero-order chi connectivity index (χ0) is 17.5. The lowest BCUT2D eigenvalue weighted by molar-refractivity contribution is -0.119. The van der Waals surface area contributed by atoms with Crippen LogP contribution in [-0.2, 0) is 11.2 Å². The van der Waals surface area contributed by atoms with Crippen LogP contribution in [0.4, 0.5) is 5.69 Å². The molecule has 2 heterocycles. The lowest BCUT2D eigenvalue weighted by Crippen LogP contribution is -2.48. The third kappa shape index (κ3) is 4.56. The van der Waals surface area contributed by atoms with E-state index in [9.17, 15) is 9.59 Å². The fourth-order valence-corrected chi connectivity index (χ4v) is 2.85. The van der Waals surface area contributed by atoms with Gasteiger partial charge in [-0.1, -0.05) is 30.3 Å². The van der Waals surface area contributed by atoms with Crippen molar-refractivity contribution in [2.75, 3.05) is 38.0 Å². The molecule has 6 nitrogen and oxygen atoms in total. The van der Waals surface area contributed by atoms with E-state index in [-0.39, 0.29) is 5.91 Å². The predicted octanol–water partition coefficient (Wildman–Crippen LogP) is 1.65. The maximum Gasteiger partial charge on any atom is 0.272 e. The van der Waals surface area contributed by atoms with E-state index in [1.54, 1.807) is 22.1 Å². The Morgan fingerprint density at radius 2 is 1.88 bits per heavy atom. The summed E-state index contributed by atoms with van der Waals surface area (Å²) in [6.45, 7) is 3.03. The highest BCUT2D eigenvalue weighted by molar-refractivity contribution is 5.93. The lowest BCUT2D eigenvalue weighted by Gasteiger charge is -2.32. The lowest BCUT2D eigenvalue weighted by atomic mass is 10.1. The van der Waals surface area contributed by atoms with Crippen LogP contribution in [0.2, 0.25) is 0 Å². The summed E-state index contributed by atoms with van der Waals surface area (Å²) in [5.41, 5.74) is 2.60. The molecular weight excluding hydrogens is 316 g/mol. The molecule has 1 saturated heterocycles. The Hall–Kier alpha value is -2.89. The maximum atomic E-state index is 12.6. The average molecular weight is 338 g/mol. The normalized spacial score (nSPS) is 14.2. The number of nitrogens with one attached hydrogen (secondary N) is 1. The van der Waals surface area contributed by atoms with E-state index in [4.69, 9.17) is 0 Å². The minimum Gasteiger partial charge on any atom is -0.385 e. The van der Waals surface area contributed by atoms with Crippen LogP contribution in [0.1, 0.15) is 16.1 Å². The van der Waals surface area contributed by atoms with Crippen molar-refractivity contribution in [3.63, 3.8) is 0 Å². The Balaban J connectivity index is 1.55. The van der Waals surface area contributed by atoms with Crippen LogP contribution in [0.25, 0.3) is 0 Å². The minimum atomic E-state index is -0.0859. The van der Waals surface area contributed by atoms with Gasteiger partial charge in [0.15, 0.2) is 0 Å². The van der Waals surface area contributed by atoms with E-state index in [0.29, 0.717) is 31.9 Å². The van der Waals surface area contributed by atoms with Crippen molar-refractivity contribution >= 4 is 18.0 Å². The van der Waals surface area contributed by atoms with Crippen LogP contribution in [-0.4, -0.2) is 59.8 Å². The van der Waals surface area contributed by atoms with Crippen molar-refractivity contribution in [3.05, 3.63) is 59.9 Å². The van der Waals surface area contributed by atoms with Gasteiger partial charge in [-0.15, -0.1) is 0 Å². The van der Waals surface area contributed by atoms with Crippen LogP contribution in [0.5, 0.6) is 0 Å². The summed E-state index contributed by atoms with van der Waals surface area (Å²) in [5.74, 6) is -0.0859. The van der Waals surface area contributed by atoms with Gasteiger partial charge in [0.1, 0.15) is 5.69 Å². The second kappa shape index (κ2) is 8.28. The molecule has 0 spiro atoms. The first-order valence-electron chi connectivity index (χ1n) is 8.49. The Bertz CT molecular complexity index is 712. The van der Waals surface area contributed by atoms with Gasteiger partial charge >= 0.3 is 0 Å². The van der Waals surface area contributed by atoms with Gasteiger partial charge in [0.05, 0.1) is 0 Å². The molecule has 1 aliphatic rings. The first-order valence-corrected chi connectivity index (χ1v) is 8.49. The Kier molecular flexibility index (Phi) is 5.61. The zero-order valence-electron chi connectivity index (χ0n) is 14.1. The standard InChI is InChI=1S/C19H22N4O2/c24-15-22-10-12-23(13-11-22)19(25)18-14-17(7-9-21-18)20-8-6-16-4-2-1-3-5-16/h1-5,7,9,14-15H,6,8,10-13H2,(H,20,21). The number of carbonyl (C=O) groups is 2. The fraction of sp³-hybridized carbons (Fsp3) is 0.316. The van der Waals surface area contributed by atoms with Crippen molar-refractivity contribution in [1.29, 1.82) is 0 Å². The molecule has 0 unspecified atom stereocenters. The number of benzene rings is 1. The maximum absolute atomic E-state index is 12.6. The summed E-state index contributed by atoms with van der Waals surface area (Å²) >= 11 is 0. The molecule has 1 aliphatic heterocycles. The van der Waals surface area contributed by atoms with Gasteiger partial charge in [0.25, 0.3) is 5.91 Å². The molecule has 1 fully saturated rings. The van der Waals surface area contributed by atoms with Crippen LogP contribution >= 0.6 is 0 Å². The number of pyridine rings is 1. The molecule has 0 bridgehead atoms. The largest absolute Gasteiger partial charge is 0.385 e. The van der Waals surface area contributed by atoms with Crippen LogP contribution in [0.15, 0.2) is 48.7 Å². The van der Waals surface area contributed by atoms with E-state index in [2.05, 4.69) is 22.4 Å². The smallest absolute Gasteiger partial charge is 0.272 e. The monoisotopic (exact) mass is 338 g/mol. The number of aromatic nitrogens is 1. The number of amides is 2. The van der Waals surface area contributed by atoms with Gasteiger partial charge in [-0.2, -0.15) is 0 Å². The Morgan fingerprint density at radius 1 is 1.12 bits per heavy atom. The van der Waals surface area contributed by atoms with Crippen LogP contribution < -0.4 is 5.32 Å². The summed E-state index contributed by atoms with van der Waals surface area (Å²) in [5, 5.41) is 3.34. The second-order valence-electron chi connectivity index (χ2n) is 6.03. The SMILES string of the molecule is O=CN1CCN(C(=O)c2cc(NCCc3ccccc3)ccn2)CC1. The zero-order valence-corrected chi connectivity index (χ0v) is 14.1. The highest BCUT2D eigenvalue weighted by Gasteiger charge is 2.22. The first-order chi connectivity index (χ1) is 12.3. The number of piperazine rings is 1. The molecule has 1 N–H and O–H groups in total. The Morgan fingerprint density at radius 3 is 2.60 bits per heavy atom. The summed E-state index contributed by atoms with van der Waals surface area (Å²) in [6.07, 6.45) is 3.40. The predicted molar refractivity (Wildman–Crippen MR) is 96.4 cm³/mol. The van der Waals surface area contributed by atoms with Crippen molar-refractivity contribution in [2.45, 2.75) is 6.42 Å². The average Bonchev–Trinajstić information content (AvgIpc) is 2.68. The molecule has 130 valence electrons. The number of anilines is 1. The van der Waals surface area contributed by atoms with Crippen molar-refractivity contribution in [3.8, 4) is 0 Å². The molecule has 1 aromatic carbocycles. The molecule has 0 aliphatic carbocycles. The molecule has 3 rings (SSSR count). The highest BCUT2D eigenvalue weighted by Crippen LogP contribution is 2.12. The number of hydrogen-bond donors (Lipinski definition) is 1. The summed E-state index contributed by atoms with van der Waals surface area (Å²) in [4.78, 5) is 31.0. The number of nitrogens with zero attached hydrogens (tertiary/aromatic N) is 3. The third-order valence-corrected chi connectivity index (χ3v) is 4.32.